The molecule has 0 spiro atoms. The molecule has 37 heavy (non-hydrogen) atoms. The second-order valence-corrected chi connectivity index (χ2v) is 9.93. The first-order chi connectivity index (χ1) is 17.5. The molecule has 3 rings (SSSR count). The molecule has 3 amide bonds. The largest absolute Gasteiger partial charge is 0.508 e. The van der Waals surface area contributed by atoms with Crippen molar-refractivity contribution in [2.45, 2.75) is 63.8 Å². The number of nitrogens with zero attached hydrogens (tertiary/aromatic N) is 1. The highest BCUT2D eigenvalue weighted by Gasteiger charge is 2.42. The second kappa shape index (κ2) is 12.0. The quantitative estimate of drug-likeness (QED) is 0.403. The number of carbonyl (C=O) groups excluding carboxylic acids is 3. The molecular weight excluding hydrogens is 478 g/mol. The SMILES string of the molecule is COc1ccc(NC(=O)C(c2cccc(O)c2)N(C(=O)C(CO)NC(=O)OC(C)(C)C)C2CCC2)cc1. The molecule has 0 saturated heterocycles. The predicted octanol–water partition coefficient (Wildman–Crippen LogP) is 3.35. The number of alkyl carbamates (subject to hydrolysis) is 1. The van der Waals surface area contributed by atoms with Crippen LogP contribution in [0.2, 0.25) is 0 Å². The number of carbonyl (C=O) groups is 3. The molecule has 1 aliphatic carbocycles. The summed E-state index contributed by atoms with van der Waals surface area (Å²) in [5.41, 5.74) is 0.0751. The average molecular weight is 514 g/mol. The monoisotopic (exact) mass is 513 g/mol. The van der Waals surface area contributed by atoms with Crippen molar-refractivity contribution >= 4 is 23.6 Å². The van der Waals surface area contributed by atoms with Gasteiger partial charge in [-0.3, -0.25) is 9.59 Å². The van der Waals surface area contributed by atoms with Gasteiger partial charge >= 0.3 is 6.09 Å². The summed E-state index contributed by atoms with van der Waals surface area (Å²) in [6.45, 7) is 4.37. The van der Waals surface area contributed by atoms with Gasteiger partial charge in [0.15, 0.2) is 0 Å². The summed E-state index contributed by atoms with van der Waals surface area (Å²) >= 11 is 0. The highest BCUT2D eigenvalue weighted by Crippen LogP contribution is 2.35. The van der Waals surface area contributed by atoms with Crippen molar-refractivity contribution in [1.29, 1.82) is 0 Å². The van der Waals surface area contributed by atoms with Crippen LogP contribution in [0.25, 0.3) is 0 Å². The molecular formula is C27H35N3O7. The third-order valence-corrected chi connectivity index (χ3v) is 5.96. The van der Waals surface area contributed by atoms with Gasteiger partial charge in [-0.05, 0) is 82.0 Å². The van der Waals surface area contributed by atoms with Gasteiger partial charge in [-0.1, -0.05) is 12.1 Å². The Kier molecular flexibility index (Phi) is 8.99. The molecule has 1 aliphatic rings. The predicted molar refractivity (Wildman–Crippen MR) is 137 cm³/mol. The Morgan fingerprint density at radius 3 is 2.30 bits per heavy atom. The van der Waals surface area contributed by atoms with E-state index in [1.807, 2.05) is 0 Å². The number of hydrogen-bond acceptors (Lipinski definition) is 7. The van der Waals surface area contributed by atoms with Crippen molar-refractivity contribution < 1.29 is 34.1 Å². The molecule has 1 fully saturated rings. The molecule has 1 saturated carbocycles. The number of hydrogen-bond donors (Lipinski definition) is 4. The summed E-state index contributed by atoms with van der Waals surface area (Å²) in [5.74, 6) is -0.583. The molecule has 200 valence electrons. The van der Waals surface area contributed by atoms with E-state index in [0.29, 0.717) is 29.8 Å². The van der Waals surface area contributed by atoms with Crippen LogP contribution < -0.4 is 15.4 Å². The molecule has 4 N–H and O–H groups in total. The van der Waals surface area contributed by atoms with Crippen LogP contribution in [0.5, 0.6) is 11.5 Å². The number of amides is 3. The van der Waals surface area contributed by atoms with E-state index in [0.717, 1.165) is 6.42 Å². The van der Waals surface area contributed by atoms with Gasteiger partial charge in [0.2, 0.25) is 5.91 Å². The number of methoxy groups -OCH3 is 1. The van der Waals surface area contributed by atoms with Crippen molar-refractivity contribution in [2.75, 3.05) is 19.0 Å². The summed E-state index contributed by atoms with van der Waals surface area (Å²) in [4.78, 5) is 41.3. The van der Waals surface area contributed by atoms with Crippen molar-refractivity contribution in [3.63, 3.8) is 0 Å². The first-order valence-corrected chi connectivity index (χ1v) is 12.2. The minimum absolute atomic E-state index is 0.0636. The Hall–Kier alpha value is -3.79. The Morgan fingerprint density at radius 2 is 1.78 bits per heavy atom. The summed E-state index contributed by atoms with van der Waals surface area (Å²) in [6.07, 6.45) is 1.32. The van der Waals surface area contributed by atoms with Gasteiger partial charge in [0.05, 0.1) is 13.7 Å². The van der Waals surface area contributed by atoms with Crippen LogP contribution in [0.3, 0.4) is 0 Å². The lowest BCUT2D eigenvalue weighted by Crippen LogP contribution is -2.58. The van der Waals surface area contributed by atoms with E-state index >= 15 is 0 Å². The number of aliphatic hydroxyl groups is 1. The lowest BCUT2D eigenvalue weighted by molar-refractivity contribution is -0.146. The third kappa shape index (κ3) is 7.36. The molecule has 2 unspecified atom stereocenters. The Bertz CT molecular complexity index is 1090. The fraction of sp³-hybridized carbons (Fsp3) is 0.444. The molecule has 0 heterocycles. The highest BCUT2D eigenvalue weighted by atomic mass is 16.6. The molecule has 2 aromatic carbocycles. The van der Waals surface area contributed by atoms with Crippen LogP contribution in [0, 0.1) is 0 Å². The van der Waals surface area contributed by atoms with Crippen molar-refractivity contribution in [3.8, 4) is 11.5 Å². The van der Waals surface area contributed by atoms with Crippen LogP contribution >= 0.6 is 0 Å². The van der Waals surface area contributed by atoms with E-state index < -0.39 is 42.2 Å². The minimum atomic E-state index is -1.33. The van der Waals surface area contributed by atoms with Crippen molar-refractivity contribution in [1.82, 2.24) is 10.2 Å². The van der Waals surface area contributed by atoms with E-state index in [1.165, 1.54) is 24.1 Å². The van der Waals surface area contributed by atoms with Crippen LogP contribution in [0.15, 0.2) is 48.5 Å². The third-order valence-electron chi connectivity index (χ3n) is 5.96. The lowest BCUT2D eigenvalue weighted by atomic mass is 9.88. The smallest absolute Gasteiger partial charge is 0.408 e. The number of aliphatic hydroxyl groups excluding tert-OH is 1. The van der Waals surface area contributed by atoms with Crippen LogP contribution in [0.1, 0.15) is 51.6 Å². The number of benzene rings is 2. The molecule has 0 aromatic heterocycles. The summed E-state index contributed by atoms with van der Waals surface area (Å²) in [5, 5.41) is 25.4. The summed E-state index contributed by atoms with van der Waals surface area (Å²) < 4.78 is 10.4. The van der Waals surface area contributed by atoms with Gasteiger partial charge in [-0.15, -0.1) is 0 Å². The molecule has 10 heteroatoms. The number of anilines is 1. The lowest BCUT2D eigenvalue weighted by Gasteiger charge is -2.43. The van der Waals surface area contributed by atoms with Crippen molar-refractivity contribution in [2.24, 2.45) is 0 Å². The first kappa shape index (κ1) is 27.8. The van der Waals surface area contributed by atoms with Crippen molar-refractivity contribution in [3.05, 3.63) is 54.1 Å². The minimum Gasteiger partial charge on any atom is -0.508 e. The number of nitrogens with one attached hydrogen (secondary N) is 2. The fourth-order valence-corrected chi connectivity index (χ4v) is 4.02. The van der Waals surface area contributed by atoms with Gasteiger partial charge in [0.1, 0.15) is 29.2 Å². The molecule has 0 bridgehead atoms. The zero-order valence-electron chi connectivity index (χ0n) is 21.6. The Morgan fingerprint density at radius 1 is 1.11 bits per heavy atom. The molecule has 2 atom stereocenters. The summed E-state index contributed by atoms with van der Waals surface area (Å²) in [7, 11) is 1.54. The maximum absolute atomic E-state index is 13.8. The van der Waals surface area contributed by atoms with Gasteiger partial charge in [-0.25, -0.2) is 4.79 Å². The molecule has 0 aliphatic heterocycles. The average Bonchev–Trinajstić information content (AvgIpc) is 2.80. The number of phenols is 1. The Labute approximate surface area is 216 Å². The maximum Gasteiger partial charge on any atom is 0.408 e. The van der Waals surface area contributed by atoms with Gasteiger partial charge in [0.25, 0.3) is 5.91 Å². The van der Waals surface area contributed by atoms with E-state index in [1.54, 1.807) is 57.2 Å². The number of aromatic hydroxyl groups is 1. The van der Waals surface area contributed by atoms with E-state index in [4.69, 9.17) is 9.47 Å². The molecule has 2 aromatic rings. The van der Waals surface area contributed by atoms with Crippen LogP contribution in [0.4, 0.5) is 10.5 Å². The highest BCUT2D eigenvalue weighted by molar-refractivity contribution is 5.99. The number of rotatable bonds is 9. The zero-order chi connectivity index (χ0) is 27.2. The van der Waals surface area contributed by atoms with Crippen LogP contribution in [-0.4, -0.2) is 64.4 Å². The normalized spacial score (nSPS) is 15.1. The topological polar surface area (TPSA) is 137 Å². The second-order valence-electron chi connectivity index (χ2n) is 9.93. The number of phenolic OH excluding ortho intramolecular Hbond substituents is 1. The molecule has 0 radical (unpaired) electrons. The van der Waals surface area contributed by atoms with Gasteiger partial charge in [-0.2, -0.15) is 0 Å². The van der Waals surface area contributed by atoms with Gasteiger partial charge in [0, 0.05) is 11.7 Å². The Balaban J connectivity index is 1.96. The van der Waals surface area contributed by atoms with E-state index in [9.17, 15) is 24.6 Å². The standard InChI is InChI=1S/C27H35N3O7/c1-27(2,3)37-26(35)29-22(16-31)25(34)30(19-8-6-9-19)23(17-7-5-10-20(32)15-17)24(33)28-18-11-13-21(36-4)14-12-18/h5,7,10-15,19,22-23,31-32H,6,8-9,16H2,1-4H3,(H,28,33)(H,29,35). The first-order valence-electron chi connectivity index (χ1n) is 12.2. The summed E-state index contributed by atoms with van der Waals surface area (Å²) in [6, 6.07) is 10.1. The van der Waals surface area contributed by atoms with E-state index in [2.05, 4.69) is 10.6 Å². The van der Waals surface area contributed by atoms with E-state index in [-0.39, 0.29) is 11.8 Å². The van der Waals surface area contributed by atoms with Gasteiger partial charge < -0.3 is 35.2 Å². The maximum atomic E-state index is 13.8. The fourth-order valence-electron chi connectivity index (χ4n) is 4.02. The zero-order valence-corrected chi connectivity index (χ0v) is 21.6. The number of ether oxygens (including phenoxy) is 2. The van der Waals surface area contributed by atoms with Crippen LogP contribution in [-0.2, 0) is 14.3 Å². The molecule has 10 nitrogen and oxygen atoms in total.